The molecule has 5 nitrogen and oxygen atoms in total. The van der Waals surface area contributed by atoms with Gasteiger partial charge in [0.15, 0.2) is 0 Å². The molecule has 1 fully saturated rings. The van der Waals surface area contributed by atoms with Gasteiger partial charge in [-0.15, -0.1) is 0 Å². The van der Waals surface area contributed by atoms with E-state index in [1.807, 2.05) is 18.3 Å². The summed E-state index contributed by atoms with van der Waals surface area (Å²) < 4.78 is 5.32. The predicted molar refractivity (Wildman–Crippen MR) is 107 cm³/mol. The Labute approximate surface area is 157 Å². The molecule has 1 aliphatic heterocycles. The quantitative estimate of drug-likeness (QED) is 0.827. The van der Waals surface area contributed by atoms with Gasteiger partial charge in [-0.3, -0.25) is 0 Å². The van der Waals surface area contributed by atoms with Gasteiger partial charge in [0.2, 0.25) is 0 Å². The van der Waals surface area contributed by atoms with E-state index in [4.69, 9.17) is 4.74 Å². The van der Waals surface area contributed by atoms with Crippen molar-refractivity contribution < 1.29 is 4.74 Å². The molecule has 5 heteroatoms. The highest BCUT2D eigenvalue weighted by Crippen LogP contribution is 2.20. The maximum Gasteiger partial charge on any atom is 0.128 e. The van der Waals surface area contributed by atoms with Crippen molar-refractivity contribution in [2.24, 2.45) is 0 Å². The third-order valence-electron chi connectivity index (χ3n) is 5.16. The Morgan fingerprint density at radius 3 is 2.69 bits per heavy atom. The van der Waals surface area contributed by atoms with Gasteiger partial charge in [-0.2, -0.15) is 0 Å². The highest BCUT2D eigenvalue weighted by Gasteiger charge is 2.17. The van der Waals surface area contributed by atoms with Crippen LogP contribution in [0.4, 0.5) is 5.82 Å². The normalized spacial score (nSPS) is 16.5. The number of ether oxygens (including phenoxy) is 1. The molecule has 0 spiro atoms. The third kappa shape index (κ3) is 4.74. The number of aromatic nitrogens is 1. The SMILES string of the molecule is CCN1CCN(c2cc(CN[C@@H](C)c3cccc(OC)c3)ccn2)CC1. The van der Waals surface area contributed by atoms with E-state index in [0.29, 0.717) is 0 Å². The summed E-state index contributed by atoms with van der Waals surface area (Å²) in [6.07, 6.45) is 1.93. The lowest BCUT2D eigenvalue weighted by molar-refractivity contribution is 0.270. The molecule has 1 saturated heterocycles. The van der Waals surface area contributed by atoms with E-state index in [1.54, 1.807) is 7.11 Å². The molecular formula is C21H30N4O. The number of anilines is 1. The summed E-state index contributed by atoms with van der Waals surface area (Å²) in [6, 6.07) is 12.8. The Balaban J connectivity index is 1.58. The van der Waals surface area contributed by atoms with Gasteiger partial charge in [0.25, 0.3) is 0 Å². The molecule has 0 radical (unpaired) electrons. The summed E-state index contributed by atoms with van der Waals surface area (Å²) in [5.41, 5.74) is 2.50. The van der Waals surface area contributed by atoms with Crippen LogP contribution in [0, 0.1) is 0 Å². The lowest BCUT2D eigenvalue weighted by Gasteiger charge is -2.34. The summed E-state index contributed by atoms with van der Waals surface area (Å²) in [6.45, 7) is 10.7. The Hall–Kier alpha value is -2.11. The van der Waals surface area contributed by atoms with Gasteiger partial charge in [0.05, 0.1) is 7.11 Å². The van der Waals surface area contributed by atoms with Crippen LogP contribution in [0.5, 0.6) is 5.75 Å². The molecule has 0 bridgehead atoms. The van der Waals surface area contributed by atoms with Gasteiger partial charge in [-0.25, -0.2) is 4.98 Å². The summed E-state index contributed by atoms with van der Waals surface area (Å²) in [4.78, 5) is 9.46. The van der Waals surface area contributed by atoms with Crippen LogP contribution in [-0.4, -0.2) is 49.7 Å². The first-order chi connectivity index (χ1) is 12.7. The van der Waals surface area contributed by atoms with Crippen molar-refractivity contribution in [2.45, 2.75) is 26.4 Å². The number of pyridine rings is 1. The lowest BCUT2D eigenvalue weighted by atomic mass is 10.1. The fraction of sp³-hybridized carbons (Fsp3) is 0.476. The number of nitrogens with zero attached hydrogens (tertiary/aromatic N) is 3. The molecule has 1 atom stereocenters. The molecule has 2 aromatic rings. The van der Waals surface area contributed by atoms with E-state index in [1.165, 1.54) is 11.1 Å². The van der Waals surface area contributed by atoms with E-state index in [0.717, 1.165) is 50.8 Å². The number of likely N-dealkylation sites (N-methyl/N-ethyl adjacent to an activating group) is 1. The zero-order valence-corrected chi connectivity index (χ0v) is 16.1. The number of hydrogen-bond acceptors (Lipinski definition) is 5. The van der Waals surface area contributed by atoms with Crippen molar-refractivity contribution in [3.05, 3.63) is 53.7 Å². The fourth-order valence-electron chi connectivity index (χ4n) is 3.34. The van der Waals surface area contributed by atoms with Crippen LogP contribution < -0.4 is 15.0 Å². The number of rotatable bonds is 7. The smallest absolute Gasteiger partial charge is 0.128 e. The van der Waals surface area contributed by atoms with Crippen LogP contribution in [-0.2, 0) is 6.54 Å². The molecule has 1 aliphatic rings. The first kappa shape index (κ1) is 18.7. The van der Waals surface area contributed by atoms with Crippen molar-refractivity contribution >= 4 is 5.82 Å². The molecule has 140 valence electrons. The minimum Gasteiger partial charge on any atom is -0.497 e. The topological polar surface area (TPSA) is 40.6 Å². The average molecular weight is 354 g/mol. The second-order valence-corrected chi connectivity index (χ2v) is 6.82. The molecule has 0 aliphatic carbocycles. The van der Waals surface area contributed by atoms with Gasteiger partial charge >= 0.3 is 0 Å². The van der Waals surface area contributed by atoms with Crippen molar-refractivity contribution in [1.82, 2.24) is 15.2 Å². The number of nitrogens with one attached hydrogen (secondary N) is 1. The minimum absolute atomic E-state index is 0.259. The van der Waals surface area contributed by atoms with E-state index < -0.39 is 0 Å². The predicted octanol–water partition coefficient (Wildman–Crippen LogP) is 3.08. The molecule has 0 amide bonds. The van der Waals surface area contributed by atoms with E-state index in [2.05, 4.69) is 58.2 Å². The van der Waals surface area contributed by atoms with Crippen LogP contribution in [0.2, 0.25) is 0 Å². The molecule has 26 heavy (non-hydrogen) atoms. The first-order valence-corrected chi connectivity index (χ1v) is 9.49. The fourth-order valence-corrected chi connectivity index (χ4v) is 3.34. The molecule has 0 saturated carbocycles. The van der Waals surface area contributed by atoms with Crippen molar-refractivity contribution in [2.75, 3.05) is 44.7 Å². The largest absolute Gasteiger partial charge is 0.497 e. The van der Waals surface area contributed by atoms with Crippen LogP contribution >= 0.6 is 0 Å². The van der Waals surface area contributed by atoms with E-state index in [-0.39, 0.29) is 6.04 Å². The second kappa shape index (κ2) is 9.01. The summed E-state index contributed by atoms with van der Waals surface area (Å²) >= 11 is 0. The number of methoxy groups -OCH3 is 1. The standard InChI is InChI=1S/C21H30N4O/c1-4-24-10-12-25(13-11-24)21-14-18(8-9-22-21)16-23-17(2)19-6-5-7-20(15-19)26-3/h5-9,14-15,17,23H,4,10-13,16H2,1-3H3/t17-/m0/s1. The number of benzene rings is 1. The Bertz CT molecular complexity index is 698. The molecule has 2 heterocycles. The van der Waals surface area contributed by atoms with Gasteiger partial charge in [0.1, 0.15) is 11.6 Å². The van der Waals surface area contributed by atoms with Crippen LogP contribution in [0.25, 0.3) is 0 Å². The number of hydrogen-bond donors (Lipinski definition) is 1. The minimum atomic E-state index is 0.259. The van der Waals surface area contributed by atoms with Crippen LogP contribution in [0.15, 0.2) is 42.6 Å². The number of piperazine rings is 1. The third-order valence-corrected chi connectivity index (χ3v) is 5.16. The Morgan fingerprint density at radius 1 is 1.15 bits per heavy atom. The van der Waals surface area contributed by atoms with E-state index in [9.17, 15) is 0 Å². The molecular weight excluding hydrogens is 324 g/mol. The van der Waals surface area contributed by atoms with Gasteiger partial charge < -0.3 is 19.9 Å². The van der Waals surface area contributed by atoms with Crippen LogP contribution in [0.3, 0.4) is 0 Å². The van der Waals surface area contributed by atoms with E-state index >= 15 is 0 Å². The Kier molecular flexibility index (Phi) is 6.47. The highest BCUT2D eigenvalue weighted by molar-refractivity contribution is 5.41. The first-order valence-electron chi connectivity index (χ1n) is 9.49. The molecule has 3 rings (SSSR count). The molecule has 1 aromatic heterocycles. The maximum atomic E-state index is 5.32. The second-order valence-electron chi connectivity index (χ2n) is 6.82. The van der Waals surface area contributed by atoms with Gasteiger partial charge in [-0.1, -0.05) is 19.1 Å². The molecule has 1 N–H and O–H groups in total. The zero-order chi connectivity index (χ0) is 18.4. The van der Waals surface area contributed by atoms with Crippen LogP contribution in [0.1, 0.15) is 31.0 Å². The maximum absolute atomic E-state index is 5.32. The van der Waals surface area contributed by atoms with Crippen molar-refractivity contribution in [3.63, 3.8) is 0 Å². The van der Waals surface area contributed by atoms with Gasteiger partial charge in [0, 0.05) is 45.0 Å². The monoisotopic (exact) mass is 354 g/mol. The molecule has 1 aromatic carbocycles. The summed E-state index contributed by atoms with van der Waals surface area (Å²) in [5.74, 6) is 1.99. The molecule has 0 unspecified atom stereocenters. The highest BCUT2D eigenvalue weighted by atomic mass is 16.5. The lowest BCUT2D eigenvalue weighted by Crippen LogP contribution is -2.46. The summed E-state index contributed by atoms with van der Waals surface area (Å²) in [5, 5.41) is 3.60. The van der Waals surface area contributed by atoms with Crippen molar-refractivity contribution in [1.29, 1.82) is 0 Å². The van der Waals surface area contributed by atoms with Gasteiger partial charge in [-0.05, 0) is 48.9 Å². The Morgan fingerprint density at radius 2 is 1.96 bits per heavy atom. The zero-order valence-electron chi connectivity index (χ0n) is 16.1. The van der Waals surface area contributed by atoms with Crippen molar-refractivity contribution in [3.8, 4) is 5.75 Å². The summed E-state index contributed by atoms with van der Waals surface area (Å²) in [7, 11) is 1.70. The average Bonchev–Trinajstić information content (AvgIpc) is 2.72.